The van der Waals surface area contributed by atoms with Crippen molar-refractivity contribution in [3.8, 4) is 0 Å². The number of hydrazone groups is 1. The van der Waals surface area contributed by atoms with Crippen molar-refractivity contribution in [1.82, 2.24) is 5.01 Å². The summed E-state index contributed by atoms with van der Waals surface area (Å²) in [6.45, 7) is 21.4. The molecule has 0 aromatic carbocycles. The standard InChI is InChI=1S/C22H46N2OSi/c1-10-11-14-21(26(8,9)22(4,5)6)20(16-18(2)3)23-24-15-12-13-19(24)17-25-7/h18-19,21H,10-17H2,1-9H3/b23-20-/t19-,21-/m0/s1. The first-order valence-electron chi connectivity index (χ1n) is 10.9. The van der Waals surface area contributed by atoms with Gasteiger partial charge in [-0.15, -0.1) is 0 Å². The molecule has 0 N–H and O–H groups in total. The molecule has 0 aromatic rings. The van der Waals surface area contributed by atoms with Gasteiger partial charge in [0.25, 0.3) is 0 Å². The Hall–Kier alpha value is -0.353. The van der Waals surface area contributed by atoms with Gasteiger partial charge in [0.05, 0.1) is 20.7 Å². The molecule has 0 unspecified atom stereocenters. The molecule has 1 aliphatic heterocycles. The molecule has 0 spiro atoms. The Kier molecular flexibility index (Phi) is 9.35. The van der Waals surface area contributed by atoms with E-state index in [1.807, 2.05) is 7.11 Å². The summed E-state index contributed by atoms with van der Waals surface area (Å²) < 4.78 is 5.46. The lowest BCUT2D eigenvalue weighted by molar-refractivity contribution is 0.117. The third-order valence-electron chi connectivity index (χ3n) is 6.63. The molecule has 0 amide bonds. The van der Waals surface area contributed by atoms with Crippen LogP contribution in [0.4, 0.5) is 0 Å². The number of hydrogen-bond acceptors (Lipinski definition) is 3. The Labute approximate surface area is 165 Å². The van der Waals surface area contributed by atoms with E-state index >= 15 is 0 Å². The fraction of sp³-hybridized carbons (Fsp3) is 0.955. The van der Waals surface area contributed by atoms with Crippen LogP contribution in [0.3, 0.4) is 0 Å². The average molecular weight is 383 g/mol. The van der Waals surface area contributed by atoms with Gasteiger partial charge in [-0.05, 0) is 42.2 Å². The zero-order valence-electron chi connectivity index (χ0n) is 19.2. The molecular weight excluding hydrogens is 336 g/mol. The first kappa shape index (κ1) is 23.7. The molecule has 4 heteroatoms. The lowest BCUT2D eigenvalue weighted by Gasteiger charge is -2.44. The third-order valence-corrected chi connectivity index (χ3v) is 12.9. The van der Waals surface area contributed by atoms with E-state index < -0.39 is 8.07 Å². The molecule has 0 radical (unpaired) electrons. The van der Waals surface area contributed by atoms with Crippen molar-refractivity contribution in [3.63, 3.8) is 0 Å². The molecule has 0 aromatic heterocycles. The second kappa shape index (κ2) is 10.3. The molecule has 1 heterocycles. The molecule has 2 atom stereocenters. The predicted octanol–water partition coefficient (Wildman–Crippen LogP) is 6.57. The van der Waals surface area contributed by atoms with E-state index in [-0.39, 0.29) is 0 Å². The van der Waals surface area contributed by atoms with Crippen LogP contribution in [0.25, 0.3) is 0 Å². The fourth-order valence-corrected chi connectivity index (χ4v) is 7.00. The van der Waals surface area contributed by atoms with Crippen LogP contribution < -0.4 is 0 Å². The van der Waals surface area contributed by atoms with Gasteiger partial charge in [0.15, 0.2) is 0 Å². The fourth-order valence-electron chi connectivity index (χ4n) is 4.02. The van der Waals surface area contributed by atoms with Gasteiger partial charge in [0.2, 0.25) is 0 Å². The number of methoxy groups -OCH3 is 1. The quantitative estimate of drug-likeness (QED) is 0.315. The zero-order chi connectivity index (χ0) is 20.0. The molecule has 154 valence electrons. The first-order valence-corrected chi connectivity index (χ1v) is 13.9. The summed E-state index contributed by atoms with van der Waals surface area (Å²) >= 11 is 0. The second-order valence-corrected chi connectivity index (χ2v) is 15.9. The highest BCUT2D eigenvalue weighted by molar-refractivity contribution is 6.84. The van der Waals surface area contributed by atoms with Gasteiger partial charge in [0.1, 0.15) is 0 Å². The van der Waals surface area contributed by atoms with Crippen LogP contribution in [0.5, 0.6) is 0 Å². The van der Waals surface area contributed by atoms with Gasteiger partial charge in [0, 0.05) is 19.4 Å². The Balaban J connectivity index is 3.24. The Morgan fingerprint density at radius 1 is 1.27 bits per heavy atom. The van der Waals surface area contributed by atoms with E-state index in [9.17, 15) is 0 Å². The maximum Gasteiger partial charge on any atom is 0.0704 e. The van der Waals surface area contributed by atoms with E-state index in [4.69, 9.17) is 9.84 Å². The molecule has 0 aliphatic carbocycles. The van der Waals surface area contributed by atoms with Crippen molar-refractivity contribution in [2.45, 2.75) is 110 Å². The van der Waals surface area contributed by atoms with E-state index in [1.165, 1.54) is 37.8 Å². The molecule has 1 saturated heterocycles. The van der Waals surface area contributed by atoms with Crippen LogP contribution in [0.2, 0.25) is 23.7 Å². The van der Waals surface area contributed by atoms with E-state index in [2.05, 4.69) is 59.6 Å². The Morgan fingerprint density at radius 2 is 1.92 bits per heavy atom. The van der Waals surface area contributed by atoms with Crippen LogP contribution >= 0.6 is 0 Å². The van der Waals surface area contributed by atoms with Crippen molar-refractivity contribution in [2.24, 2.45) is 11.0 Å². The highest BCUT2D eigenvalue weighted by Crippen LogP contribution is 2.47. The van der Waals surface area contributed by atoms with Gasteiger partial charge >= 0.3 is 0 Å². The van der Waals surface area contributed by atoms with Crippen LogP contribution in [-0.2, 0) is 4.74 Å². The topological polar surface area (TPSA) is 24.8 Å². The molecule has 1 aliphatic rings. The molecule has 26 heavy (non-hydrogen) atoms. The monoisotopic (exact) mass is 382 g/mol. The highest BCUT2D eigenvalue weighted by atomic mass is 28.3. The largest absolute Gasteiger partial charge is 0.382 e. The van der Waals surface area contributed by atoms with E-state index in [0.29, 0.717) is 22.5 Å². The minimum absolute atomic E-state index is 0.389. The van der Waals surface area contributed by atoms with Crippen molar-refractivity contribution in [1.29, 1.82) is 0 Å². The maximum absolute atomic E-state index is 5.46. The summed E-state index contributed by atoms with van der Waals surface area (Å²) in [6.07, 6.45) is 7.49. The molecule has 1 rings (SSSR count). The third kappa shape index (κ3) is 6.37. The van der Waals surface area contributed by atoms with E-state index in [0.717, 1.165) is 19.6 Å². The number of rotatable bonds is 10. The maximum atomic E-state index is 5.46. The SMILES string of the molecule is CCCC[C@@H](/C(CC(C)C)=N\N1CCC[C@H]1COC)[Si](C)(C)C(C)(C)C. The van der Waals surface area contributed by atoms with Gasteiger partial charge in [-0.25, -0.2) is 0 Å². The molecule has 1 fully saturated rings. The van der Waals surface area contributed by atoms with Crippen LogP contribution in [-0.4, -0.2) is 45.1 Å². The van der Waals surface area contributed by atoms with Gasteiger partial charge in [-0.3, -0.25) is 5.01 Å². The van der Waals surface area contributed by atoms with Crippen molar-refractivity contribution < 1.29 is 4.74 Å². The summed E-state index contributed by atoms with van der Waals surface area (Å²) in [4.78, 5) is 0. The summed E-state index contributed by atoms with van der Waals surface area (Å²) in [6, 6.07) is 0.466. The average Bonchev–Trinajstić information content (AvgIpc) is 2.93. The minimum Gasteiger partial charge on any atom is -0.382 e. The summed E-state index contributed by atoms with van der Waals surface area (Å²) in [5, 5.41) is 8.11. The Bertz CT molecular complexity index is 440. The molecular formula is C22H46N2OSi. The predicted molar refractivity (Wildman–Crippen MR) is 119 cm³/mol. The summed E-state index contributed by atoms with van der Waals surface area (Å²) in [5.41, 5.74) is 2.16. The number of ether oxygens (including phenoxy) is 1. The van der Waals surface area contributed by atoms with Gasteiger partial charge in [-0.1, -0.05) is 67.5 Å². The first-order chi connectivity index (χ1) is 12.0. The van der Waals surface area contributed by atoms with Crippen molar-refractivity contribution >= 4 is 13.8 Å². The van der Waals surface area contributed by atoms with Gasteiger partial charge in [-0.2, -0.15) is 5.10 Å². The van der Waals surface area contributed by atoms with Crippen LogP contribution in [0, 0.1) is 5.92 Å². The smallest absolute Gasteiger partial charge is 0.0704 e. The van der Waals surface area contributed by atoms with E-state index in [1.54, 1.807) is 0 Å². The molecule has 0 bridgehead atoms. The summed E-state index contributed by atoms with van der Waals surface area (Å²) in [7, 11) is 0.312. The van der Waals surface area contributed by atoms with Crippen molar-refractivity contribution in [3.05, 3.63) is 0 Å². The molecule has 3 nitrogen and oxygen atoms in total. The Morgan fingerprint density at radius 3 is 2.42 bits per heavy atom. The van der Waals surface area contributed by atoms with Gasteiger partial charge < -0.3 is 4.74 Å². The number of hydrogen-bond donors (Lipinski definition) is 0. The number of unbranched alkanes of at least 4 members (excludes halogenated alkanes) is 1. The highest BCUT2D eigenvalue weighted by Gasteiger charge is 2.44. The summed E-state index contributed by atoms with van der Waals surface area (Å²) in [5.74, 6) is 0.658. The van der Waals surface area contributed by atoms with Crippen LogP contribution in [0.1, 0.15) is 80.1 Å². The minimum atomic E-state index is -1.50. The lowest BCUT2D eigenvalue weighted by Crippen LogP contribution is -2.46. The molecule has 0 saturated carbocycles. The second-order valence-electron chi connectivity index (χ2n) is 10.3. The normalized spacial score (nSPS) is 20.9. The zero-order valence-corrected chi connectivity index (χ0v) is 20.2. The van der Waals surface area contributed by atoms with Crippen molar-refractivity contribution in [2.75, 3.05) is 20.3 Å². The lowest BCUT2D eigenvalue weighted by atomic mass is 10.0. The number of nitrogens with zero attached hydrogens (tertiary/aromatic N) is 2. The van der Waals surface area contributed by atoms with Crippen LogP contribution in [0.15, 0.2) is 5.10 Å².